The van der Waals surface area contributed by atoms with E-state index in [1.54, 1.807) is 4.90 Å². The summed E-state index contributed by atoms with van der Waals surface area (Å²) in [5.74, 6) is 1.10. The number of amides is 1. The molecule has 1 N–H and O–H groups in total. The zero-order valence-corrected chi connectivity index (χ0v) is 19.4. The maximum Gasteiger partial charge on any atom is 0.257 e. The normalized spacial score (nSPS) is 12.6. The average molecular weight is 453 g/mol. The lowest BCUT2D eigenvalue weighted by molar-refractivity contribution is -0.134. The number of rotatable bonds is 10. The molecule has 1 amide bonds. The van der Waals surface area contributed by atoms with Gasteiger partial charge in [0.05, 0.1) is 6.61 Å². The van der Waals surface area contributed by atoms with E-state index in [0.29, 0.717) is 25.5 Å². The van der Waals surface area contributed by atoms with Crippen molar-refractivity contribution in [2.24, 2.45) is 0 Å². The number of para-hydroxylation sites is 1. The molecule has 0 aliphatic carbocycles. The molecule has 0 saturated heterocycles. The van der Waals surface area contributed by atoms with E-state index in [1.165, 1.54) is 0 Å². The highest BCUT2D eigenvalue weighted by atomic mass is 35.5. The molecule has 0 saturated carbocycles. The molecule has 7 heteroatoms. The van der Waals surface area contributed by atoms with Crippen molar-refractivity contribution in [3.05, 3.63) is 60.2 Å². The van der Waals surface area contributed by atoms with Crippen LogP contribution in [0.5, 0.6) is 11.5 Å². The number of carbonyl (C=O) groups excluding carboxylic acids is 1. The van der Waals surface area contributed by atoms with Gasteiger partial charge in [-0.25, -0.2) is 0 Å². The first-order valence-electron chi connectivity index (χ1n) is 9.98. The van der Waals surface area contributed by atoms with Crippen molar-refractivity contribution < 1.29 is 14.3 Å². The molecule has 2 aromatic rings. The lowest BCUT2D eigenvalue weighted by atomic mass is 10.0. The summed E-state index contributed by atoms with van der Waals surface area (Å²) in [4.78, 5) is 13.3. The Hall–Kier alpha value is -1.79. The van der Waals surface area contributed by atoms with Gasteiger partial charge in [-0.3, -0.25) is 10.1 Å². The number of nitrogens with one attached hydrogen (secondary N) is 1. The highest BCUT2D eigenvalue weighted by Crippen LogP contribution is 2.27. The Morgan fingerprint density at radius 3 is 2.17 bits per heavy atom. The van der Waals surface area contributed by atoms with Crippen LogP contribution in [0.15, 0.2) is 54.6 Å². The van der Waals surface area contributed by atoms with Crippen LogP contribution in [-0.4, -0.2) is 40.9 Å². The third-order valence-electron chi connectivity index (χ3n) is 4.21. The molecule has 0 aliphatic rings. The van der Waals surface area contributed by atoms with Gasteiger partial charge >= 0.3 is 0 Å². The largest absolute Gasteiger partial charge is 0.457 e. The minimum atomic E-state index is -1.16. The Morgan fingerprint density at radius 1 is 1.03 bits per heavy atom. The SMILES string of the molecule is CCOCCN(C(=O)C(Cl)Cl)C(NC(C)(C)C)c1ccc(Oc2ccccc2)cc1. The fraction of sp³-hybridized carbons (Fsp3) is 0.435. The third kappa shape index (κ3) is 7.80. The molecular formula is C23H30Cl2N2O3. The first kappa shape index (κ1) is 24.5. The van der Waals surface area contributed by atoms with Gasteiger partial charge in [0.1, 0.15) is 17.7 Å². The van der Waals surface area contributed by atoms with Crippen LogP contribution >= 0.6 is 23.2 Å². The number of alkyl halides is 2. The van der Waals surface area contributed by atoms with Gasteiger partial charge in [-0.05, 0) is 57.5 Å². The maximum absolute atomic E-state index is 12.8. The van der Waals surface area contributed by atoms with Gasteiger partial charge in [-0.15, -0.1) is 0 Å². The minimum absolute atomic E-state index is 0.262. The van der Waals surface area contributed by atoms with Crippen LogP contribution < -0.4 is 10.1 Å². The second kappa shape index (κ2) is 11.6. The van der Waals surface area contributed by atoms with Crippen molar-refractivity contribution >= 4 is 29.1 Å². The zero-order chi connectivity index (χ0) is 22.1. The van der Waals surface area contributed by atoms with E-state index in [0.717, 1.165) is 11.3 Å². The Kier molecular flexibility index (Phi) is 9.43. The molecule has 164 valence electrons. The summed E-state index contributed by atoms with van der Waals surface area (Å²) in [6.07, 6.45) is -0.427. The zero-order valence-electron chi connectivity index (χ0n) is 17.9. The molecular weight excluding hydrogens is 423 g/mol. The molecule has 1 atom stereocenters. The summed E-state index contributed by atoms with van der Waals surface area (Å²) in [6.45, 7) is 9.34. The summed E-state index contributed by atoms with van der Waals surface area (Å²) in [6, 6.07) is 17.2. The molecule has 30 heavy (non-hydrogen) atoms. The minimum Gasteiger partial charge on any atom is -0.457 e. The Balaban J connectivity index is 2.29. The first-order valence-corrected chi connectivity index (χ1v) is 10.9. The predicted molar refractivity (Wildman–Crippen MR) is 122 cm³/mol. The van der Waals surface area contributed by atoms with Crippen molar-refractivity contribution in [3.63, 3.8) is 0 Å². The highest BCUT2D eigenvalue weighted by Gasteiger charge is 2.31. The molecule has 0 fully saturated rings. The van der Waals surface area contributed by atoms with Gasteiger partial charge in [0, 0.05) is 18.7 Å². The van der Waals surface area contributed by atoms with Gasteiger partial charge in [0.25, 0.3) is 5.91 Å². The molecule has 0 bridgehead atoms. The summed E-state index contributed by atoms with van der Waals surface area (Å²) in [5.41, 5.74) is 0.631. The summed E-state index contributed by atoms with van der Waals surface area (Å²) in [5, 5.41) is 3.50. The maximum atomic E-state index is 12.8. The van der Waals surface area contributed by atoms with Crippen LogP contribution in [-0.2, 0) is 9.53 Å². The summed E-state index contributed by atoms with van der Waals surface area (Å²) < 4.78 is 11.3. The van der Waals surface area contributed by atoms with E-state index >= 15 is 0 Å². The second-order valence-corrected chi connectivity index (χ2v) is 8.91. The van der Waals surface area contributed by atoms with Crippen molar-refractivity contribution in [1.82, 2.24) is 10.2 Å². The lowest BCUT2D eigenvalue weighted by Gasteiger charge is -2.37. The molecule has 2 aromatic carbocycles. The van der Waals surface area contributed by atoms with E-state index in [4.69, 9.17) is 32.7 Å². The van der Waals surface area contributed by atoms with Crippen LogP contribution in [0, 0.1) is 0 Å². The average Bonchev–Trinajstić information content (AvgIpc) is 2.70. The van der Waals surface area contributed by atoms with Crippen LogP contribution in [0.4, 0.5) is 0 Å². The molecule has 0 aromatic heterocycles. The van der Waals surface area contributed by atoms with Crippen LogP contribution in [0.2, 0.25) is 0 Å². The van der Waals surface area contributed by atoms with Gasteiger partial charge in [-0.1, -0.05) is 53.5 Å². The Morgan fingerprint density at radius 2 is 1.63 bits per heavy atom. The standard InChI is InChI=1S/C23H30Cl2N2O3/c1-5-29-16-15-27(22(28)20(24)25)21(26-23(2,3)4)17-11-13-19(14-12-17)30-18-9-7-6-8-10-18/h6-14,20-21,26H,5,15-16H2,1-4H3. The third-order valence-corrected chi connectivity index (χ3v) is 4.58. The van der Waals surface area contributed by atoms with Crippen molar-refractivity contribution in [1.29, 1.82) is 0 Å². The van der Waals surface area contributed by atoms with Crippen LogP contribution in [0.1, 0.15) is 39.4 Å². The van der Waals surface area contributed by atoms with Crippen molar-refractivity contribution in [2.75, 3.05) is 19.8 Å². The smallest absolute Gasteiger partial charge is 0.257 e. The van der Waals surface area contributed by atoms with E-state index < -0.39 is 11.0 Å². The summed E-state index contributed by atoms with van der Waals surface area (Å²) >= 11 is 11.9. The molecule has 0 spiro atoms. The highest BCUT2D eigenvalue weighted by molar-refractivity contribution is 6.53. The number of hydrogen-bond acceptors (Lipinski definition) is 4. The number of nitrogens with zero attached hydrogens (tertiary/aromatic N) is 1. The van der Waals surface area contributed by atoms with Gasteiger partial charge in [-0.2, -0.15) is 0 Å². The first-order chi connectivity index (χ1) is 14.2. The Labute approximate surface area is 189 Å². The number of benzene rings is 2. The summed E-state index contributed by atoms with van der Waals surface area (Å²) in [7, 11) is 0. The van der Waals surface area contributed by atoms with E-state index in [9.17, 15) is 4.79 Å². The Bertz CT molecular complexity index is 777. The van der Waals surface area contributed by atoms with Gasteiger partial charge in [0.2, 0.25) is 0 Å². The van der Waals surface area contributed by atoms with E-state index in [1.807, 2.05) is 82.3 Å². The quantitative estimate of drug-likeness (QED) is 0.292. The van der Waals surface area contributed by atoms with Crippen molar-refractivity contribution in [3.8, 4) is 11.5 Å². The van der Waals surface area contributed by atoms with Crippen molar-refractivity contribution in [2.45, 2.75) is 44.2 Å². The fourth-order valence-electron chi connectivity index (χ4n) is 2.89. The molecule has 0 aliphatic heterocycles. The van der Waals surface area contributed by atoms with Gasteiger partial charge in [0.15, 0.2) is 4.84 Å². The predicted octanol–water partition coefficient (Wildman–Crippen LogP) is 5.53. The number of carbonyl (C=O) groups is 1. The molecule has 1 unspecified atom stereocenters. The molecule has 2 rings (SSSR count). The monoisotopic (exact) mass is 452 g/mol. The lowest BCUT2D eigenvalue weighted by Crippen LogP contribution is -2.51. The van der Waals surface area contributed by atoms with E-state index in [-0.39, 0.29) is 11.4 Å². The molecule has 0 radical (unpaired) electrons. The van der Waals surface area contributed by atoms with Crippen LogP contribution in [0.3, 0.4) is 0 Å². The topological polar surface area (TPSA) is 50.8 Å². The number of hydrogen-bond donors (Lipinski definition) is 1. The second-order valence-electron chi connectivity index (χ2n) is 7.81. The molecule has 0 heterocycles. The van der Waals surface area contributed by atoms with Gasteiger partial charge < -0.3 is 14.4 Å². The number of ether oxygens (including phenoxy) is 2. The number of halogens is 2. The molecule has 5 nitrogen and oxygen atoms in total. The van der Waals surface area contributed by atoms with E-state index in [2.05, 4.69) is 5.32 Å². The van der Waals surface area contributed by atoms with Crippen LogP contribution in [0.25, 0.3) is 0 Å². The fourth-order valence-corrected chi connectivity index (χ4v) is 3.14.